The fraction of sp³-hybridized carbons (Fsp3) is 0.688. The quantitative estimate of drug-likeness (QED) is 0.820. The molecule has 0 unspecified atom stereocenters. The summed E-state index contributed by atoms with van der Waals surface area (Å²) >= 11 is 0. The Morgan fingerprint density at radius 2 is 2.04 bits per heavy atom. The Balaban J connectivity index is 2.06. The van der Waals surface area contributed by atoms with Gasteiger partial charge in [0.25, 0.3) is 0 Å². The average Bonchev–Trinajstić information content (AvgIpc) is 2.49. The van der Waals surface area contributed by atoms with E-state index in [0.29, 0.717) is 18.1 Å². The molecular formula is C16H27N5O2. The number of nitrogens with one attached hydrogen (secondary N) is 1. The van der Waals surface area contributed by atoms with Crippen molar-refractivity contribution in [3.05, 3.63) is 6.33 Å². The molecule has 0 atom stereocenters. The van der Waals surface area contributed by atoms with Crippen molar-refractivity contribution in [2.45, 2.75) is 46.1 Å². The standard InChI is InChI=1S/C16H27N5O2/c1-5-23-15(22)11-6-8-21(9-7-11)14-12(17)13(18-10-19-14)20-16(2,3)4/h10-11H,5-9,17H2,1-4H3,(H,18,19,20). The zero-order valence-electron chi connectivity index (χ0n) is 14.4. The van der Waals surface area contributed by atoms with Crippen LogP contribution in [-0.2, 0) is 9.53 Å². The van der Waals surface area contributed by atoms with Crippen LogP contribution in [0.2, 0.25) is 0 Å². The number of piperidine rings is 1. The summed E-state index contributed by atoms with van der Waals surface area (Å²) in [6, 6.07) is 0. The Bertz CT molecular complexity index is 548. The lowest BCUT2D eigenvalue weighted by atomic mass is 9.97. The maximum atomic E-state index is 11.8. The van der Waals surface area contributed by atoms with Gasteiger partial charge in [-0.1, -0.05) is 0 Å². The number of carbonyl (C=O) groups is 1. The molecule has 0 saturated carbocycles. The van der Waals surface area contributed by atoms with Gasteiger partial charge in [-0.3, -0.25) is 4.79 Å². The second-order valence-corrected chi connectivity index (χ2v) is 6.85. The van der Waals surface area contributed by atoms with Gasteiger partial charge in [0.1, 0.15) is 12.0 Å². The van der Waals surface area contributed by atoms with Crippen molar-refractivity contribution in [3.63, 3.8) is 0 Å². The maximum absolute atomic E-state index is 11.8. The molecule has 1 aliphatic heterocycles. The Hall–Kier alpha value is -2.05. The van der Waals surface area contributed by atoms with Crippen molar-refractivity contribution in [3.8, 4) is 0 Å². The molecule has 3 N–H and O–H groups in total. The third kappa shape index (κ3) is 4.46. The van der Waals surface area contributed by atoms with Crippen molar-refractivity contribution in [2.24, 2.45) is 5.92 Å². The molecule has 1 fully saturated rings. The number of anilines is 3. The molecule has 7 nitrogen and oxygen atoms in total. The van der Waals surface area contributed by atoms with E-state index < -0.39 is 0 Å². The van der Waals surface area contributed by atoms with Crippen LogP contribution in [0, 0.1) is 5.92 Å². The highest BCUT2D eigenvalue weighted by Crippen LogP contribution is 2.31. The van der Waals surface area contributed by atoms with Crippen LogP contribution in [0.1, 0.15) is 40.5 Å². The number of carbonyl (C=O) groups excluding carboxylic acids is 1. The predicted octanol–water partition coefficient (Wildman–Crippen LogP) is 2.05. The summed E-state index contributed by atoms with van der Waals surface area (Å²) < 4.78 is 5.10. The van der Waals surface area contributed by atoms with Crippen LogP contribution >= 0.6 is 0 Å². The predicted molar refractivity (Wildman–Crippen MR) is 91.4 cm³/mol. The summed E-state index contributed by atoms with van der Waals surface area (Å²) in [7, 11) is 0. The number of hydrogen-bond donors (Lipinski definition) is 2. The molecule has 1 aliphatic rings. The summed E-state index contributed by atoms with van der Waals surface area (Å²) in [6.07, 6.45) is 3.03. The van der Waals surface area contributed by atoms with E-state index in [2.05, 4.69) is 41.0 Å². The van der Waals surface area contributed by atoms with E-state index in [9.17, 15) is 4.79 Å². The van der Waals surface area contributed by atoms with Crippen LogP contribution in [0.5, 0.6) is 0 Å². The van der Waals surface area contributed by atoms with E-state index in [1.54, 1.807) is 0 Å². The molecule has 23 heavy (non-hydrogen) atoms. The van der Waals surface area contributed by atoms with Gasteiger partial charge in [-0.15, -0.1) is 0 Å². The van der Waals surface area contributed by atoms with Gasteiger partial charge < -0.3 is 20.7 Å². The molecule has 7 heteroatoms. The first-order chi connectivity index (χ1) is 10.8. The molecule has 0 bridgehead atoms. The van der Waals surface area contributed by atoms with Gasteiger partial charge in [-0.05, 0) is 40.5 Å². The normalized spacial score (nSPS) is 16.3. The van der Waals surface area contributed by atoms with E-state index in [1.165, 1.54) is 6.33 Å². The molecule has 0 amide bonds. The Morgan fingerprint density at radius 1 is 1.39 bits per heavy atom. The Kier molecular flexibility index (Phi) is 5.28. The number of nitrogens with zero attached hydrogens (tertiary/aromatic N) is 3. The first kappa shape index (κ1) is 17.3. The number of ether oxygens (including phenoxy) is 1. The third-order valence-corrected chi connectivity index (χ3v) is 3.77. The van der Waals surface area contributed by atoms with Crippen molar-refractivity contribution in [1.29, 1.82) is 0 Å². The van der Waals surface area contributed by atoms with Crippen molar-refractivity contribution < 1.29 is 9.53 Å². The van der Waals surface area contributed by atoms with E-state index in [1.807, 2.05) is 6.92 Å². The van der Waals surface area contributed by atoms with Gasteiger partial charge in [0.15, 0.2) is 11.6 Å². The van der Waals surface area contributed by atoms with Crippen molar-refractivity contribution >= 4 is 23.3 Å². The van der Waals surface area contributed by atoms with Crippen LogP contribution in [-0.4, -0.2) is 41.2 Å². The molecule has 2 heterocycles. The fourth-order valence-electron chi connectivity index (χ4n) is 2.68. The van der Waals surface area contributed by atoms with E-state index in [0.717, 1.165) is 31.7 Å². The van der Waals surface area contributed by atoms with E-state index in [-0.39, 0.29) is 17.4 Å². The zero-order chi connectivity index (χ0) is 17.0. The minimum atomic E-state index is -0.128. The summed E-state index contributed by atoms with van der Waals surface area (Å²) in [4.78, 5) is 22.5. The Labute approximate surface area is 137 Å². The molecule has 1 aromatic heterocycles. The number of aromatic nitrogens is 2. The van der Waals surface area contributed by atoms with Crippen LogP contribution in [0.4, 0.5) is 17.3 Å². The first-order valence-electron chi connectivity index (χ1n) is 8.12. The minimum absolute atomic E-state index is 0.0265. The highest BCUT2D eigenvalue weighted by Gasteiger charge is 2.28. The van der Waals surface area contributed by atoms with Crippen molar-refractivity contribution in [2.75, 3.05) is 35.6 Å². The van der Waals surface area contributed by atoms with Crippen LogP contribution in [0.3, 0.4) is 0 Å². The maximum Gasteiger partial charge on any atom is 0.309 e. The smallest absolute Gasteiger partial charge is 0.309 e. The SMILES string of the molecule is CCOC(=O)C1CCN(c2ncnc(NC(C)(C)C)c2N)CC1. The number of hydrogen-bond acceptors (Lipinski definition) is 7. The average molecular weight is 321 g/mol. The third-order valence-electron chi connectivity index (χ3n) is 3.77. The summed E-state index contributed by atoms with van der Waals surface area (Å²) in [6.45, 7) is 9.90. The van der Waals surface area contributed by atoms with Crippen LogP contribution in [0.25, 0.3) is 0 Å². The van der Waals surface area contributed by atoms with Gasteiger partial charge >= 0.3 is 5.97 Å². The van der Waals surface area contributed by atoms with Gasteiger partial charge in [0.2, 0.25) is 0 Å². The summed E-state index contributed by atoms with van der Waals surface area (Å²) in [5.41, 5.74) is 6.67. The topological polar surface area (TPSA) is 93.4 Å². The van der Waals surface area contributed by atoms with Gasteiger partial charge in [0.05, 0.1) is 12.5 Å². The van der Waals surface area contributed by atoms with Crippen molar-refractivity contribution in [1.82, 2.24) is 9.97 Å². The second kappa shape index (κ2) is 7.02. The molecule has 2 rings (SSSR count). The second-order valence-electron chi connectivity index (χ2n) is 6.85. The summed E-state index contributed by atoms with van der Waals surface area (Å²) in [5, 5.41) is 3.30. The number of rotatable bonds is 4. The van der Waals surface area contributed by atoms with Gasteiger partial charge in [0, 0.05) is 18.6 Å². The molecule has 0 aliphatic carbocycles. The van der Waals surface area contributed by atoms with Crippen LogP contribution < -0.4 is 16.0 Å². The number of esters is 1. The monoisotopic (exact) mass is 321 g/mol. The zero-order valence-corrected chi connectivity index (χ0v) is 14.4. The van der Waals surface area contributed by atoms with E-state index in [4.69, 9.17) is 10.5 Å². The van der Waals surface area contributed by atoms with Crippen LogP contribution in [0.15, 0.2) is 6.33 Å². The fourth-order valence-corrected chi connectivity index (χ4v) is 2.68. The number of nitrogens with two attached hydrogens (primary N) is 1. The molecule has 0 spiro atoms. The lowest BCUT2D eigenvalue weighted by Gasteiger charge is -2.33. The minimum Gasteiger partial charge on any atom is -0.466 e. The highest BCUT2D eigenvalue weighted by atomic mass is 16.5. The van der Waals surface area contributed by atoms with Gasteiger partial charge in [-0.2, -0.15) is 0 Å². The molecule has 1 saturated heterocycles. The molecule has 1 aromatic rings. The largest absolute Gasteiger partial charge is 0.466 e. The lowest BCUT2D eigenvalue weighted by Crippen LogP contribution is -2.38. The highest BCUT2D eigenvalue weighted by molar-refractivity contribution is 5.76. The van der Waals surface area contributed by atoms with E-state index >= 15 is 0 Å². The first-order valence-corrected chi connectivity index (χ1v) is 8.12. The number of nitrogen functional groups attached to an aromatic ring is 1. The lowest BCUT2D eigenvalue weighted by molar-refractivity contribution is -0.148. The molecular weight excluding hydrogens is 294 g/mol. The Morgan fingerprint density at radius 3 is 2.61 bits per heavy atom. The molecule has 0 radical (unpaired) electrons. The summed E-state index contributed by atoms with van der Waals surface area (Å²) in [5.74, 6) is 1.25. The molecule has 128 valence electrons. The molecule has 0 aromatic carbocycles. The van der Waals surface area contributed by atoms with Gasteiger partial charge in [-0.25, -0.2) is 9.97 Å².